The van der Waals surface area contributed by atoms with Crippen LogP contribution in [0.15, 0.2) is 54.7 Å². The Labute approximate surface area is 171 Å². The van der Waals surface area contributed by atoms with Crippen molar-refractivity contribution < 1.29 is 9.18 Å². The second-order valence-electron chi connectivity index (χ2n) is 7.92. The highest BCUT2D eigenvalue weighted by Crippen LogP contribution is 2.34. The molecule has 1 aliphatic heterocycles. The number of hydrogen-bond acceptors (Lipinski definition) is 2. The molecule has 0 saturated carbocycles. The zero-order chi connectivity index (χ0) is 20.2. The molecule has 2 aromatic carbocycles. The Balaban J connectivity index is 1.55. The lowest BCUT2D eigenvalue weighted by Gasteiger charge is -2.19. The van der Waals surface area contributed by atoms with E-state index in [1.807, 2.05) is 19.2 Å². The van der Waals surface area contributed by atoms with E-state index < -0.39 is 0 Å². The summed E-state index contributed by atoms with van der Waals surface area (Å²) in [7, 11) is 2.02. The van der Waals surface area contributed by atoms with E-state index in [2.05, 4.69) is 33.1 Å². The van der Waals surface area contributed by atoms with Gasteiger partial charge in [-0.05, 0) is 55.3 Å². The van der Waals surface area contributed by atoms with Gasteiger partial charge < -0.3 is 14.8 Å². The maximum absolute atomic E-state index is 13.5. The molecule has 0 radical (unpaired) electrons. The van der Waals surface area contributed by atoms with Crippen molar-refractivity contribution >= 4 is 16.8 Å². The van der Waals surface area contributed by atoms with Crippen molar-refractivity contribution in [1.82, 2.24) is 14.8 Å². The lowest BCUT2D eigenvalue weighted by Crippen LogP contribution is -2.34. The Morgan fingerprint density at radius 2 is 1.83 bits per heavy atom. The molecule has 1 saturated heterocycles. The topological polar surface area (TPSA) is 37.3 Å². The number of fused-ring (bicyclic) bond motifs is 1. The lowest BCUT2D eigenvalue weighted by atomic mass is 9.88. The van der Waals surface area contributed by atoms with Crippen LogP contribution in [0.1, 0.15) is 36.3 Å². The summed E-state index contributed by atoms with van der Waals surface area (Å²) >= 11 is 0. The Bertz CT molecular complexity index is 973. The third-order valence-corrected chi connectivity index (χ3v) is 5.91. The summed E-state index contributed by atoms with van der Waals surface area (Å²) in [5, 5.41) is 4.22. The molecule has 2 heterocycles. The van der Waals surface area contributed by atoms with Crippen molar-refractivity contribution in [1.29, 1.82) is 0 Å². The molecule has 152 valence electrons. The van der Waals surface area contributed by atoms with Gasteiger partial charge in [0.25, 0.3) is 0 Å². The smallest absolute Gasteiger partial charge is 0.220 e. The molecule has 1 N–H and O–H groups in total. The summed E-state index contributed by atoms with van der Waals surface area (Å²) in [5.41, 5.74) is 3.19. The number of para-hydroxylation sites is 1. The minimum absolute atomic E-state index is 0.0338. The standard InChI is InChI=1S/C24H28FN3O/c1-27-17-22(20-6-2-3-7-23(20)27)21(18-8-10-19(25)11-9-18)16-24(29)26-12-15-28-13-4-5-14-28/h2-3,6-11,17,21H,4-5,12-16H2,1H3,(H,26,29). The van der Waals surface area contributed by atoms with E-state index in [0.29, 0.717) is 13.0 Å². The molecule has 1 unspecified atom stereocenters. The van der Waals surface area contributed by atoms with Gasteiger partial charge in [-0.1, -0.05) is 30.3 Å². The number of halogens is 1. The Kier molecular flexibility index (Phi) is 5.95. The Morgan fingerprint density at radius 3 is 2.59 bits per heavy atom. The molecule has 1 atom stereocenters. The Morgan fingerprint density at radius 1 is 1.10 bits per heavy atom. The lowest BCUT2D eigenvalue weighted by molar-refractivity contribution is -0.121. The van der Waals surface area contributed by atoms with Crippen molar-refractivity contribution in [2.75, 3.05) is 26.2 Å². The third kappa shape index (κ3) is 4.51. The number of aromatic nitrogens is 1. The fraction of sp³-hybridized carbons (Fsp3) is 0.375. The quantitative estimate of drug-likeness (QED) is 0.658. The fourth-order valence-electron chi connectivity index (χ4n) is 4.37. The van der Waals surface area contributed by atoms with Crippen molar-refractivity contribution in [3.63, 3.8) is 0 Å². The van der Waals surface area contributed by atoms with Gasteiger partial charge in [-0.3, -0.25) is 4.79 Å². The molecule has 1 fully saturated rings. The van der Waals surface area contributed by atoms with E-state index in [9.17, 15) is 9.18 Å². The van der Waals surface area contributed by atoms with Crippen LogP contribution in [-0.2, 0) is 11.8 Å². The van der Waals surface area contributed by atoms with Gasteiger partial charge in [0.05, 0.1) is 0 Å². The monoisotopic (exact) mass is 393 g/mol. The van der Waals surface area contributed by atoms with E-state index in [4.69, 9.17) is 0 Å². The first-order valence-electron chi connectivity index (χ1n) is 10.4. The molecule has 0 spiro atoms. The molecule has 0 aliphatic carbocycles. The predicted molar refractivity (Wildman–Crippen MR) is 114 cm³/mol. The second kappa shape index (κ2) is 8.78. The van der Waals surface area contributed by atoms with Crippen molar-refractivity contribution in [2.45, 2.75) is 25.2 Å². The van der Waals surface area contributed by atoms with Gasteiger partial charge in [-0.2, -0.15) is 0 Å². The van der Waals surface area contributed by atoms with Crippen LogP contribution in [0, 0.1) is 5.82 Å². The number of nitrogens with one attached hydrogen (secondary N) is 1. The van der Waals surface area contributed by atoms with Gasteiger partial charge >= 0.3 is 0 Å². The van der Waals surface area contributed by atoms with Crippen LogP contribution in [0.3, 0.4) is 0 Å². The van der Waals surface area contributed by atoms with Crippen LogP contribution in [0.25, 0.3) is 10.9 Å². The maximum Gasteiger partial charge on any atom is 0.220 e. The van der Waals surface area contributed by atoms with Gasteiger partial charge in [-0.15, -0.1) is 0 Å². The van der Waals surface area contributed by atoms with Crippen LogP contribution in [0.5, 0.6) is 0 Å². The predicted octanol–water partition coefficient (Wildman–Crippen LogP) is 4.05. The summed E-state index contributed by atoms with van der Waals surface area (Å²) in [6.45, 7) is 3.83. The van der Waals surface area contributed by atoms with Crippen molar-refractivity contribution in [2.24, 2.45) is 7.05 Å². The van der Waals surface area contributed by atoms with Crippen LogP contribution < -0.4 is 5.32 Å². The first-order valence-corrected chi connectivity index (χ1v) is 10.4. The average Bonchev–Trinajstić information content (AvgIpc) is 3.35. The number of nitrogens with zero attached hydrogens (tertiary/aromatic N) is 2. The summed E-state index contributed by atoms with van der Waals surface area (Å²) in [4.78, 5) is 15.2. The summed E-state index contributed by atoms with van der Waals surface area (Å²) in [5.74, 6) is -0.347. The molecule has 29 heavy (non-hydrogen) atoms. The molecule has 1 amide bonds. The zero-order valence-electron chi connectivity index (χ0n) is 16.9. The first kappa shape index (κ1) is 19.6. The van der Waals surface area contributed by atoms with E-state index in [-0.39, 0.29) is 17.6 Å². The third-order valence-electron chi connectivity index (χ3n) is 5.91. The number of amides is 1. The molecular formula is C24H28FN3O. The van der Waals surface area contributed by atoms with Crippen molar-refractivity contribution in [3.8, 4) is 0 Å². The molecule has 0 bridgehead atoms. The SMILES string of the molecule is Cn1cc(C(CC(=O)NCCN2CCCC2)c2ccc(F)cc2)c2ccccc21. The molecular weight excluding hydrogens is 365 g/mol. The largest absolute Gasteiger partial charge is 0.355 e. The van der Waals surface area contributed by atoms with E-state index in [1.54, 1.807) is 12.1 Å². The summed E-state index contributed by atoms with van der Waals surface area (Å²) in [6, 6.07) is 14.7. The average molecular weight is 394 g/mol. The zero-order valence-corrected chi connectivity index (χ0v) is 16.9. The number of rotatable bonds is 7. The molecule has 1 aliphatic rings. The van der Waals surface area contributed by atoms with Crippen LogP contribution in [-0.4, -0.2) is 41.6 Å². The van der Waals surface area contributed by atoms with E-state index >= 15 is 0 Å². The molecule has 5 heteroatoms. The first-order chi connectivity index (χ1) is 14.1. The summed E-state index contributed by atoms with van der Waals surface area (Å²) < 4.78 is 15.6. The van der Waals surface area contributed by atoms with E-state index in [1.165, 1.54) is 25.0 Å². The van der Waals surface area contributed by atoms with Gasteiger partial charge in [0.2, 0.25) is 5.91 Å². The normalized spacial score (nSPS) is 15.7. The number of likely N-dealkylation sites (tertiary alicyclic amines) is 1. The molecule has 4 nitrogen and oxygen atoms in total. The van der Waals surface area contributed by atoms with Gasteiger partial charge in [0.1, 0.15) is 5.82 Å². The number of benzene rings is 2. The highest BCUT2D eigenvalue weighted by molar-refractivity contribution is 5.86. The number of carbonyl (C=O) groups is 1. The second-order valence-corrected chi connectivity index (χ2v) is 7.92. The van der Waals surface area contributed by atoms with Crippen LogP contribution in [0.4, 0.5) is 4.39 Å². The van der Waals surface area contributed by atoms with Crippen LogP contribution in [0.2, 0.25) is 0 Å². The van der Waals surface area contributed by atoms with Gasteiger partial charge in [0.15, 0.2) is 0 Å². The molecule has 1 aromatic heterocycles. The van der Waals surface area contributed by atoms with Crippen LogP contribution >= 0.6 is 0 Å². The highest BCUT2D eigenvalue weighted by Gasteiger charge is 2.22. The highest BCUT2D eigenvalue weighted by atomic mass is 19.1. The maximum atomic E-state index is 13.5. The van der Waals surface area contributed by atoms with Gasteiger partial charge in [0, 0.05) is 49.6 Å². The number of aryl methyl sites for hydroxylation is 1. The number of hydrogen-bond donors (Lipinski definition) is 1. The number of carbonyl (C=O) groups excluding carboxylic acids is 1. The van der Waals surface area contributed by atoms with E-state index in [0.717, 1.165) is 41.7 Å². The minimum Gasteiger partial charge on any atom is -0.355 e. The molecule has 3 aromatic rings. The van der Waals surface area contributed by atoms with Crippen molar-refractivity contribution in [3.05, 3.63) is 71.7 Å². The minimum atomic E-state index is -0.263. The Hall–Kier alpha value is -2.66. The van der Waals surface area contributed by atoms with Gasteiger partial charge in [-0.25, -0.2) is 4.39 Å². The fourth-order valence-corrected chi connectivity index (χ4v) is 4.37. The molecule has 4 rings (SSSR count). The summed E-state index contributed by atoms with van der Waals surface area (Å²) in [6.07, 6.45) is 4.94.